The van der Waals surface area contributed by atoms with E-state index < -0.39 is 0 Å². The summed E-state index contributed by atoms with van der Waals surface area (Å²) < 4.78 is 0. The van der Waals surface area contributed by atoms with E-state index in [4.69, 9.17) is 0 Å². The second kappa shape index (κ2) is 7.25. The molecule has 0 atom stereocenters. The lowest BCUT2D eigenvalue weighted by molar-refractivity contribution is -0.118. The Morgan fingerprint density at radius 1 is 1.19 bits per heavy atom. The fourth-order valence-corrected chi connectivity index (χ4v) is 3.74. The van der Waals surface area contributed by atoms with Crippen LogP contribution in [-0.4, -0.2) is 33.2 Å². The summed E-state index contributed by atoms with van der Waals surface area (Å²) in [4.78, 5) is 23.1. The molecule has 0 aliphatic carbocycles. The van der Waals surface area contributed by atoms with Crippen LogP contribution in [0.2, 0.25) is 0 Å². The van der Waals surface area contributed by atoms with Crippen molar-refractivity contribution < 1.29 is 4.79 Å². The Morgan fingerprint density at radius 3 is 3.00 bits per heavy atom. The number of amides is 1. The second-order valence-corrected chi connectivity index (χ2v) is 7.27. The standard InChI is InChI=1S/C20H20N4OS/c1-13-6-7-17-18(10-13)24-20(23-17)26-12-19(25)21-9-8-14-11-22-16-5-3-2-4-15(14)16/h2-7,10-11,22H,8-9,12H2,1H3,(H,21,25)(H,23,24). The van der Waals surface area contributed by atoms with Crippen molar-refractivity contribution in [3.8, 4) is 0 Å². The molecule has 0 saturated carbocycles. The predicted molar refractivity (Wildman–Crippen MR) is 107 cm³/mol. The summed E-state index contributed by atoms with van der Waals surface area (Å²) in [6.07, 6.45) is 2.83. The normalized spacial score (nSPS) is 11.3. The van der Waals surface area contributed by atoms with Crippen LogP contribution < -0.4 is 5.32 Å². The van der Waals surface area contributed by atoms with Crippen LogP contribution in [0.5, 0.6) is 0 Å². The molecule has 3 N–H and O–H groups in total. The third-order valence-corrected chi connectivity index (χ3v) is 5.22. The van der Waals surface area contributed by atoms with Crippen LogP contribution in [0.1, 0.15) is 11.1 Å². The molecular formula is C20H20N4OS. The molecule has 5 nitrogen and oxygen atoms in total. The first-order valence-electron chi connectivity index (χ1n) is 8.60. The van der Waals surface area contributed by atoms with Gasteiger partial charge in [-0.05, 0) is 42.7 Å². The molecule has 4 aromatic rings. The van der Waals surface area contributed by atoms with Crippen molar-refractivity contribution in [1.29, 1.82) is 0 Å². The number of rotatable bonds is 6. The number of aromatic amines is 2. The Hall–Kier alpha value is -2.73. The van der Waals surface area contributed by atoms with E-state index in [1.165, 1.54) is 28.3 Å². The maximum absolute atomic E-state index is 12.1. The lowest BCUT2D eigenvalue weighted by Gasteiger charge is -2.04. The number of thioether (sulfide) groups is 1. The van der Waals surface area contributed by atoms with Gasteiger partial charge in [0.2, 0.25) is 5.91 Å². The van der Waals surface area contributed by atoms with E-state index in [0.29, 0.717) is 12.3 Å². The van der Waals surface area contributed by atoms with Crippen LogP contribution in [-0.2, 0) is 11.2 Å². The summed E-state index contributed by atoms with van der Waals surface area (Å²) in [7, 11) is 0. The quantitative estimate of drug-likeness (QED) is 0.456. The summed E-state index contributed by atoms with van der Waals surface area (Å²) in [5.41, 5.74) is 5.48. The molecule has 0 bridgehead atoms. The first-order valence-corrected chi connectivity index (χ1v) is 9.58. The molecule has 2 heterocycles. The molecular weight excluding hydrogens is 344 g/mol. The number of fused-ring (bicyclic) bond motifs is 2. The number of hydrogen-bond donors (Lipinski definition) is 3. The largest absolute Gasteiger partial charge is 0.361 e. The molecule has 0 saturated heterocycles. The Kier molecular flexibility index (Phi) is 4.67. The summed E-state index contributed by atoms with van der Waals surface area (Å²) in [6.45, 7) is 2.68. The van der Waals surface area contributed by atoms with Gasteiger partial charge in [-0.25, -0.2) is 4.98 Å². The fraction of sp³-hybridized carbons (Fsp3) is 0.200. The zero-order valence-electron chi connectivity index (χ0n) is 14.5. The first-order chi connectivity index (χ1) is 12.7. The highest BCUT2D eigenvalue weighted by Crippen LogP contribution is 2.20. The van der Waals surface area contributed by atoms with Gasteiger partial charge in [0, 0.05) is 23.6 Å². The van der Waals surface area contributed by atoms with Crippen molar-refractivity contribution in [3.63, 3.8) is 0 Å². The molecule has 6 heteroatoms. The first kappa shape index (κ1) is 16.7. The van der Waals surface area contributed by atoms with Crippen LogP contribution in [0.4, 0.5) is 0 Å². The van der Waals surface area contributed by atoms with Gasteiger partial charge in [-0.2, -0.15) is 0 Å². The van der Waals surface area contributed by atoms with E-state index in [-0.39, 0.29) is 5.91 Å². The highest BCUT2D eigenvalue weighted by Gasteiger charge is 2.08. The zero-order valence-corrected chi connectivity index (χ0v) is 15.3. The lowest BCUT2D eigenvalue weighted by Crippen LogP contribution is -2.27. The molecule has 0 radical (unpaired) electrons. The van der Waals surface area contributed by atoms with E-state index >= 15 is 0 Å². The van der Waals surface area contributed by atoms with Crippen molar-refractivity contribution in [1.82, 2.24) is 20.3 Å². The Bertz CT molecular complexity index is 1070. The van der Waals surface area contributed by atoms with Crippen LogP contribution >= 0.6 is 11.8 Å². The minimum absolute atomic E-state index is 0.0199. The van der Waals surface area contributed by atoms with Gasteiger partial charge in [0.15, 0.2) is 5.16 Å². The third-order valence-electron chi connectivity index (χ3n) is 4.35. The van der Waals surface area contributed by atoms with Gasteiger partial charge in [0.05, 0.1) is 16.8 Å². The van der Waals surface area contributed by atoms with Crippen LogP contribution in [0.3, 0.4) is 0 Å². The summed E-state index contributed by atoms with van der Waals surface area (Å²) in [6, 6.07) is 14.3. The molecule has 26 heavy (non-hydrogen) atoms. The van der Waals surface area contributed by atoms with E-state index in [0.717, 1.165) is 28.1 Å². The number of nitrogens with one attached hydrogen (secondary N) is 3. The maximum atomic E-state index is 12.1. The van der Waals surface area contributed by atoms with Crippen molar-refractivity contribution in [2.75, 3.05) is 12.3 Å². The van der Waals surface area contributed by atoms with E-state index in [1.807, 2.05) is 37.4 Å². The highest BCUT2D eigenvalue weighted by atomic mass is 32.2. The Balaban J connectivity index is 1.28. The minimum Gasteiger partial charge on any atom is -0.361 e. The van der Waals surface area contributed by atoms with E-state index in [1.54, 1.807) is 0 Å². The number of carbonyl (C=O) groups is 1. The van der Waals surface area contributed by atoms with Gasteiger partial charge >= 0.3 is 0 Å². The summed E-state index contributed by atoms with van der Waals surface area (Å²) >= 11 is 1.43. The van der Waals surface area contributed by atoms with Crippen molar-refractivity contribution in [3.05, 3.63) is 59.8 Å². The average Bonchev–Trinajstić information content (AvgIpc) is 3.23. The monoisotopic (exact) mass is 364 g/mol. The molecule has 0 fully saturated rings. The van der Waals surface area contributed by atoms with Crippen molar-refractivity contribution >= 4 is 39.6 Å². The van der Waals surface area contributed by atoms with Crippen LogP contribution in [0, 0.1) is 6.92 Å². The molecule has 0 aliphatic rings. The molecule has 0 aliphatic heterocycles. The number of carbonyl (C=O) groups excluding carboxylic acids is 1. The number of benzene rings is 2. The van der Waals surface area contributed by atoms with Gasteiger partial charge < -0.3 is 15.3 Å². The number of imidazole rings is 1. The van der Waals surface area contributed by atoms with Gasteiger partial charge in [-0.15, -0.1) is 0 Å². The molecule has 0 spiro atoms. The number of H-pyrrole nitrogens is 2. The maximum Gasteiger partial charge on any atom is 0.230 e. The fourth-order valence-electron chi connectivity index (χ4n) is 3.03. The third kappa shape index (κ3) is 3.60. The Labute approximate surface area is 155 Å². The minimum atomic E-state index is 0.0199. The lowest BCUT2D eigenvalue weighted by atomic mass is 10.1. The van der Waals surface area contributed by atoms with Crippen molar-refractivity contribution in [2.24, 2.45) is 0 Å². The van der Waals surface area contributed by atoms with E-state index in [2.05, 4.69) is 38.5 Å². The number of hydrogen-bond acceptors (Lipinski definition) is 3. The smallest absolute Gasteiger partial charge is 0.230 e. The van der Waals surface area contributed by atoms with Gasteiger partial charge in [-0.1, -0.05) is 36.0 Å². The molecule has 4 rings (SSSR count). The van der Waals surface area contributed by atoms with Gasteiger partial charge in [0.1, 0.15) is 0 Å². The van der Waals surface area contributed by atoms with Crippen LogP contribution in [0.15, 0.2) is 53.8 Å². The summed E-state index contributed by atoms with van der Waals surface area (Å²) in [5, 5.41) is 4.98. The molecule has 0 unspecified atom stereocenters. The highest BCUT2D eigenvalue weighted by molar-refractivity contribution is 7.99. The van der Waals surface area contributed by atoms with E-state index in [9.17, 15) is 4.79 Å². The van der Waals surface area contributed by atoms with Gasteiger partial charge in [-0.3, -0.25) is 4.79 Å². The number of aromatic nitrogens is 3. The molecule has 2 aromatic carbocycles. The molecule has 132 valence electrons. The van der Waals surface area contributed by atoms with Crippen molar-refractivity contribution in [2.45, 2.75) is 18.5 Å². The topological polar surface area (TPSA) is 73.6 Å². The zero-order chi connectivity index (χ0) is 17.9. The average molecular weight is 364 g/mol. The Morgan fingerprint density at radius 2 is 2.08 bits per heavy atom. The van der Waals surface area contributed by atoms with Gasteiger partial charge in [0.25, 0.3) is 0 Å². The second-order valence-electron chi connectivity index (χ2n) is 6.31. The number of nitrogens with zero attached hydrogens (tertiary/aromatic N) is 1. The predicted octanol–water partition coefficient (Wildman–Crippen LogP) is 3.80. The molecule has 1 amide bonds. The SMILES string of the molecule is Cc1ccc2nc(SCC(=O)NCCc3c[nH]c4ccccc34)[nH]c2c1. The number of aryl methyl sites for hydroxylation is 1. The number of para-hydroxylation sites is 1. The van der Waals surface area contributed by atoms with Crippen LogP contribution in [0.25, 0.3) is 21.9 Å². The molecule has 2 aromatic heterocycles. The summed E-state index contributed by atoms with van der Waals surface area (Å²) in [5.74, 6) is 0.374.